The fourth-order valence-electron chi connectivity index (χ4n) is 10.1. The first-order chi connectivity index (χ1) is 39.1. The minimum absolute atomic E-state index is 0.287. The molecule has 3 heterocycles. The molecular weight excluding hydrogens is 1100 g/mol. The molecule has 0 bridgehead atoms. The Kier molecular flexibility index (Phi) is 25.1. The monoisotopic (exact) mass is 1190 g/mol. The van der Waals surface area contributed by atoms with Gasteiger partial charge in [0.2, 0.25) is 5.52 Å². The average molecular weight is 1190 g/mol. The van der Waals surface area contributed by atoms with E-state index in [4.69, 9.17) is 0 Å². The average Bonchev–Trinajstić information content (AvgIpc) is 3.63. The molecule has 4 aromatic carbocycles. The minimum Gasteiger partial charge on any atom is -0.748 e. The summed E-state index contributed by atoms with van der Waals surface area (Å²) < 4.78 is 102. The lowest BCUT2D eigenvalue weighted by atomic mass is 9.94. The van der Waals surface area contributed by atoms with E-state index >= 15 is 0 Å². The third kappa shape index (κ3) is 22.7. The Balaban J connectivity index is 0.000000231. The van der Waals surface area contributed by atoms with Crippen molar-refractivity contribution in [1.82, 2.24) is 0 Å². The SMILES string of the molecule is C/C(=C(/C)c1cc(C)c(N(C)C)c(C)c1)c1cc[n+](CCCCS(=O)(=O)[O-])cc1.Cc1cc(/C=C/c2cc[n+](CCCCS(=O)(=O)[O-])c3ccccc23)cc(C)c1N(C)C.Cc1ccc(/C=C/c2cc[n+](CCCCS(=O)(=O)[O-])cc2)cc1. The summed E-state index contributed by atoms with van der Waals surface area (Å²) in [6.45, 7) is 17.0. The smallest absolute Gasteiger partial charge is 0.213 e. The maximum Gasteiger partial charge on any atom is 0.213 e. The van der Waals surface area contributed by atoms with Gasteiger partial charge in [-0.2, -0.15) is 4.57 Å². The molecule has 0 fully saturated rings. The lowest BCUT2D eigenvalue weighted by Gasteiger charge is -2.20. The molecule has 0 radical (unpaired) electrons. The number of aromatic nitrogens is 3. The van der Waals surface area contributed by atoms with Gasteiger partial charge in [-0.3, -0.25) is 0 Å². The molecule has 0 amide bonds. The van der Waals surface area contributed by atoms with Crippen molar-refractivity contribution in [3.63, 3.8) is 0 Å². The van der Waals surface area contributed by atoms with E-state index in [0.29, 0.717) is 58.2 Å². The fraction of sp³-hybridized carbons (Fsp3) is 0.348. The topological polar surface area (TPSA) is 190 Å². The molecule has 0 saturated heterocycles. The maximum atomic E-state index is 10.8. The Labute approximate surface area is 495 Å². The Hall–Kier alpha value is -6.86. The molecule has 0 N–H and O–H groups in total. The Morgan fingerprint density at radius 2 is 0.855 bits per heavy atom. The van der Waals surface area contributed by atoms with Crippen LogP contribution in [-0.4, -0.2) is 84.4 Å². The van der Waals surface area contributed by atoms with Crippen molar-refractivity contribution in [2.45, 2.75) is 107 Å². The molecule has 0 aliphatic carbocycles. The molecule has 444 valence electrons. The lowest BCUT2D eigenvalue weighted by molar-refractivity contribution is -0.697. The van der Waals surface area contributed by atoms with Gasteiger partial charge in [0.25, 0.3) is 0 Å². The summed E-state index contributed by atoms with van der Waals surface area (Å²) in [6.07, 6.45) is 21.5. The van der Waals surface area contributed by atoms with Crippen LogP contribution in [0, 0.1) is 34.6 Å². The molecule has 7 rings (SSSR count). The number of rotatable bonds is 23. The van der Waals surface area contributed by atoms with E-state index in [2.05, 4.69) is 194 Å². The van der Waals surface area contributed by atoms with E-state index in [-0.39, 0.29) is 17.3 Å². The third-order valence-electron chi connectivity index (χ3n) is 14.3. The van der Waals surface area contributed by atoms with Gasteiger partial charge >= 0.3 is 0 Å². The van der Waals surface area contributed by atoms with Crippen LogP contribution in [0.5, 0.6) is 0 Å². The normalized spacial score (nSPS) is 12.2. The minimum atomic E-state index is -4.15. The van der Waals surface area contributed by atoms with Crippen LogP contribution in [0.2, 0.25) is 0 Å². The summed E-state index contributed by atoms with van der Waals surface area (Å²) in [4.78, 5) is 4.30. The first-order valence-electron chi connectivity index (χ1n) is 28.0. The van der Waals surface area contributed by atoms with Gasteiger partial charge in [-0.05, 0) is 165 Å². The van der Waals surface area contributed by atoms with Crippen molar-refractivity contribution >= 4 is 88.1 Å². The zero-order chi connectivity index (χ0) is 61.1. The molecule has 83 heavy (non-hydrogen) atoms. The molecule has 3 aromatic heterocycles. The fourth-order valence-corrected chi connectivity index (χ4v) is 11.8. The first-order valence-corrected chi connectivity index (χ1v) is 32.7. The predicted molar refractivity (Wildman–Crippen MR) is 336 cm³/mol. The number of pyridine rings is 3. The van der Waals surface area contributed by atoms with Crippen molar-refractivity contribution < 1.29 is 52.6 Å². The number of anilines is 2. The Bertz CT molecular complexity index is 3680. The van der Waals surface area contributed by atoms with Gasteiger partial charge in [-0.1, -0.05) is 66.3 Å². The molecule has 0 unspecified atom stereocenters. The van der Waals surface area contributed by atoms with Crippen LogP contribution in [0.1, 0.15) is 114 Å². The van der Waals surface area contributed by atoms with Crippen molar-refractivity contribution in [2.75, 3.05) is 55.2 Å². The van der Waals surface area contributed by atoms with Crippen LogP contribution < -0.4 is 23.5 Å². The van der Waals surface area contributed by atoms with Gasteiger partial charge < -0.3 is 23.5 Å². The number of nitrogens with zero attached hydrogens (tertiary/aromatic N) is 5. The van der Waals surface area contributed by atoms with E-state index in [1.54, 1.807) is 0 Å². The summed E-state index contributed by atoms with van der Waals surface area (Å²) >= 11 is 0. The second kappa shape index (κ2) is 31.2. The van der Waals surface area contributed by atoms with Gasteiger partial charge in [-0.15, -0.1) is 0 Å². The highest BCUT2D eigenvalue weighted by Gasteiger charge is 2.14. The zero-order valence-electron chi connectivity index (χ0n) is 50.1. The molecule has 0 aliphatic rings. The number of para-hydroxylation sites is 1. The third-order valence-corrected chi connectivity index (χ3v) is 16.6. The van der Waals surface area contributed by atoms with Crippen LogP contribution in [0.25, 0.3) is 46.4 Å². The Morgan fingerprint density at radius 3 is 1.33 bits per heavy atom. The van der Waals surface area contributed by atoms with E-state index < -0.39 is 30.4 Å². The van der Waals surface area contributed by atoms with Gasteiger partial charge in [0.15, 0.2) is 31.0 Å². The highest BCUT2D eigenvalue weighted by Crippen LogP contribution is 2.32. The number of benzene rings is 4. The number of allylic oxidation sites excluding steroid dienone is 2. The van der Waals surface area contributed by atoms with Crippen LogP contribution >= 0.6 is 0 Å². The van der Waals surface area contributed by atoms with Gasteiger partial charge in [0.05, 0.1) is 35.7 Å². The molecule has 0 saturated carbocycles. The van der Waals surface area contributed by atoms with Gasteiger partial charge in [-0.25, -0.2) is 34.4 Å². The second-order valence-electron chi connectivity index (χ2n) is 21.7. The molecule has 0 spiro atoms. The summed E-state index contributed by atoms with van der Waals surface area (Å²) in [6, 6.07) is 35.7. The van der Waals surface area contributed by atoms with Gasteiger partial charge in [0.1, 0.15) is 19.6 Å². The molecule has 0 aliphatic heterocycles. The summed E-state index contributed by atoms with van der Waals surface area (Å²) in [7, 11) is -4.08. The number of hydrogen-bond acceptors (Lipinski definition) is 11. The molecule has 17 heteroatoms. The second-order valence-corrected chi connectivity index (χ2v) is 26.2. The standard InChI is InChI=1S/C25H30N2O3S.C23H32N2O3S.C18H21NO3S/c1-19-17-21(18-20(2)25(19)26(3)4)11-12-22-13-15-27(14-7-8-16-31(28,29)30)24-10-6-5-9-23(22)24;1-17-15-22(16-18(2)23(17)24(5)6)20(4)19(3)21-9-12-25(13-10-21)11-7-8-14-29(26,27)28;1-16-4-6-17(7-5-16)8-9-18-10-13-19(14-11-18)12-2-3-15-23(20,21)22/h5-6,9-13,15,17-18H,7-8,14,16H2,1-4H3;9-10,12-13,15-16H,7-8,11,14H2,1-6H3;4-11,13-14H,2-3,12,15H2,1H3/b;;9-8+. The number of fused-ring (bicyclic) bond motifs is 1. The van der Waals surface area contributed by atoms with E-state index in [1.165, 1.54) is 61.5 Å². The van der Waals surface area contributed by atoms with E-state index in [1.807, 2.05) is 64.4 Å². The summed E-state index contributed by atoms with van der Waals surface area (Å²) in [5.74, 6) is -0.888. The van der Waals surface area contributed by atoms with Crippen molar-refractivity contribution in [1.29, 1.82) is 0 Å². The predicted octanol–water partition coefficient (Wildman–Crippen LogP) is 11.0. The summed E-state index contributed by atoms with van der Waals surface area (Å²) in [5.41, 5.74) is 19.3. The number of hydrogen-bond donors (Lipinski definition) is 0. The Morgan fingerprint density at radius 1 is 0.446 bits per heavy atom. The molecule has 0 atom stereocenters. The molecule has 14 nitrogen and oxygen atoms in total. The highest BCUT2D eigenvalue weighted by molar-refractivity contribution is 7.86. The first kappa shape index (κ1) is 66.9. The van der Waals surface area contributed by atoms with E-state index in [0.717, 1.165) is 33.2 Å². The quantitative estimate of drug-likeness (QED) is 0.0337. The van der Waals surface area contributed by atoms with Crippen molar-refractivity contribution in [3.8, 4) is 0 Å². The zero-order valence-corrected chi connectivity index (χ0v) is 52.6. The number of unbranched alkanes of at least 4 members (excludes halogenated alkanes) is 3. The van der Waals surface area contributed by atoms with Crippen LogP contribution in [0.15, 0.2) is 134 Å². The molecule has 7 aromatic rings. The lowest BCUT2D eigenvalue weighted by Crippen LogP contribution is -2.34. The number of aryl methyl sites for hydroxylation is 8. The largest absolute Gasteiger partial charge is 0.748 e. The van der Waals surface area contributed by atoms with E-state index in [9.17, 15) is 38.9 Å². The van der Waals surface area contributed by atoms with Crippen LogP contribution in [0.3, 0.4) is 0 Å². The van der Waals surface area contributed by atoms with Crippen LogP contribution in [0.4, 0.5) is 11.4 Å². The highest BCUT2D eigenvalue weighted by atomic mass is 32.2. The van der Waals surface area contributed by atoms with Crippen molar-refractivity contribution in [3.05, 3.63) is 195 Å². The maximum absolute atomic E-state index is 10.8. The summed E-state index contributed by atoms with van der Waals surface area (Å²) in [5, 5.41) is 1.14. The van der Waals surface area contributed by atoms with Gasteiger partial charge in [0, 0.05) is 112 Å². The molecular formula is C66H83N5O9S3. The van der Waals surface area contributed by atoms with Crippen molar-refractivity contribution in [2.24, 2.45) is 0 Å². The van der Waals surface area contributed by atoms with Crippen LogP contribution in [-0.2, 0) is 50.0 Å².